The van der Waals surface area contributed by atoms with Crippen LogP contribution in [-0.2, 0) is 0 Å². The fourth-order valence-corrected chi connectivity index (χ4v) is 2.52. The Morgan fingerprint density at radius 2 is 1.76 bits per heavy atom. The smallest absolute Gasteiger partial charge is 0.178 e. The van der Waals surface area contributed by atoms with Gasteiger partial charge in [-0.15, -0.1) is 0 Å². The Bertz CT molecular complexity index is 613. The molecule has 17 heavy (non-hydrogen) atoms. The molecule has 0 aliphatic heterocycles. The largest absolute Gasteiger partial charge is 0.331 e. The van der Waals surface area contributed by atoms with Crippen LogP contribution in [0.25, 0.3) is 11.0 Å². The molecule has 0 saturated heterocycles. The average molecular weight is 289 g/mol. The molecule has 1 N–H and O–H groups in total. The fourth-order valence-electron chi connectivity index (χ4n) is 1.82. The maximum atomic E-state index is 6.06. The van der Waals surface area contributed by atoms with Crippen molar-refractivity contribution in [2.45, 2.75) is 26.8 Å². The molecule has 2 aromatic rings. The number of rotatable bonds is 2. The van der Waals surface area contributed by atoms with E-state index in [1.54, 1.807) is 0 Å². The topological polar surface area (TPSA) is 20.7 Å². The summed E-state index contributed by atoms with van der Waals surface area (Å²) < 4.78 is 2.80. The molecule has 1 unspecified atom stereocenters. The van der Waals surface area contributed by atoms with Crippen LogP contribution in [0.15, 0.2) is 12.1 Å². The summed E-state index contributed by atoms with van der Waals surface area (Å²) in [5.74, 6) is 0.496. The zero-order valence-corrected chi connectivity index (χ0v) is 12.2. The van der Waals surface area contributed by atoms with Crippen LogP contribution in [-0.4, -0.2) is 9.55 Å². The van der Waals surface area contributed by atoms with Crippen LogP contribution < -0.4 is 0 Å². The average Bonchev–Trinajstić information content (AvgIpc) is 2.53. The lowest BCUT2D eigenvalue weighted by atomic mass is 10.1. The molecule has 92 valence electrons. The van der Waals surface area contributed by atoms with Gasteiger partial charge in [0.2, 0.25) is 0 Å². The highest BCUT2D eigenvalue weighted by Gasteiger charge is 2.15. The lowest BCUT2D eigenvalue weighted by Gasteiger charge is -2.18. The van der Waals surface area contributed by atoms with E-state index in [-0.39, 0.29) is 0 Å². The first-order valence-corrected chi connectivity index (χ1v) is 6.67. The van der Waals surface area contributed by atoms with Crippen LogP contribution >= 0.6 is 35.4 Å². The summed E-state index contributed by atoms with van der Waals surface area (Å²) in [6.45, 7) is 6.49. The summed E-state index contributed by atoms with van der Waals surface area (Å²) in [6.07, 6.45) is 0. The third-order valence-corrected chi connectivity index (χ3v) is 4.15. The summed E-state index contributed by atoms with van der Waals surface area (Å²) in [7, 11) is 0. The number of halogens is 2. The first kappa shape index (κ1) is 12.9. The summed E-state index contributed by atoms with van der Waals surface area (Å²) in [5, 5.41) is 1.10. The van der Waals surface area contributed by atoms with Gasteiger partial charge in [0.05, 0.1) is 21.1 Å². The maximum Gasteiger partial charge on any atom is 0.178 e. The van der Waals surface area contributed by atoms with Gasteiger partial charge in [-0.3, -0.25) is 0 Å². The van der Waals surface area contributed by atoms with Crippen molar-refractivity contribution in [2.24, 2.45) is 5.92 Å². The van der Waals surface area contributed by atoms with Gasteiger partial charge in [0.1, 0.15) is 0 Å². The molecule has 0 spiro atoms. The minimum Gasteiger partial charge on any atom is -0.331 e. The van der Waals surface area contributed by atoms with Crippen LogP contribution in [0, 0.1) is 10.7 Å². The van der Waals surface area contributed by atoms with Crippen molar-refractivity contribution >= 4 is 46.5 Å². The van der Waals surface area contributed by atoms with Gasteiger partial charge in [-0.25, -0.2) is 0 Å². The van der Waals surface area contributed by atoms with Crippen molar-refractivity contribution in [3.8, 4) is 0 Å². The van der Waals surface area contributed by atoms with E-state index in [1.165, 1.54) is 0 Å². The van der Waals surface area contributed by atoms with Gasteiger partial charge in [0.15, 0.2) is 4.77 Å². The number of aromatic amines is 1. The zero-order chi connectivity index (χ0) is 12.7. The Kier molecular flexibility index (Phi) is 3.53. The number of nitrogens with one attached hydrogen (secondary N) is 1. The van der Waals surface area contributed by atoms with Gasteiger partial charge in [-0.1, -0.05) is 37.0 Å². The van der Waals surface area contributed by atoms with E-state index >= 15 is 0 Å². The molecule has 0 amide bonds. The molecule has 1 aromatic heterocycles. The number of hydrogen-bond donors (Lipinski definition) is 1. The SMILES string of the molecule is CC(C)C(C)n1c(=S)[nH]c2cc(Cl)c(Cl)cc21. The Hall–Kier alpha value is -0.510. The fraction of sp³-hybridized carbons (Fsp3) is 0.417. The third kappa shape index (κ3) is 2.24. The van der Waals surface area contributed by atoms with Crippen LogP contribution in [0.3, 0.4) is 0 Å². The Labute approximate surface area is 116 Å². The van der Waals surface area contributed by atoms with E-state index < -0.39 is 0 Å². The summed E-state index contributed by atoms with van der Waals surface area (Å²) in [4.78, 5) is 3.17. The number of aromatic nitrogens is 2. The van der Waals surface area contributed by atoms with E-state index in [1.807, 2.05) is 12.1 Å². The molecule has 1 heterocycles. The lowest BCUT2D eigenvalue weighted by molar-refractivity contribution is 0.413. The zero-order valence-electron chi connectivity index (χ0n) is 9.92. The second kappa shape index (κ2) is 4.63. The molecule has 5 heteroatoms. The first-order valence-electron chi connectivity index (χ1n) is 5.51. The molecule has 0 bridgehead atoms. The van der Waals surface area contributed by atoms with Crippen molar-refractivity contribution in [1.82, 2.24) is 9.55 Å². The molecule has 0 aliphatic rings. The number of imidazole rings is 1. The number of hydrogen-bond acceptors (Lipinski definition) is 1. The molecular weight excluding hydrogens is 275 g/mol. The highest BCUT2D eigenvalue weighted by atomic mass is 35.5. The molecule has 2 rings (SSSR count). The second-order valence-corrected chi connectivity index (χ2v) is 5.77. The third-order valence-electron chi connectivity index (χ3n) is 3.13. The van der Waals surface area contributed by atoms with Gasteiger partial charge >= 0.3 is 0 Å². The van der Waals surface area contributed by atoms with Gasteiger partial charge < -0.3 is 9.55 Å². The molecule has 0 radical (unpaired) electrons. The molecule has 0 saturated carbocycles. The summed E-state index contributed by atoms with van der Waals surface area (Å²) >= 11 is 17.4. The number of nitrogens with zero attached hydrogens (tertiary/aromatic N) is 1. The lowest BCUT2D eigenvalue weighted by Crippen LogP contribution is -2.11. The normalized spacial score (nSPS) is 13.5. The molecule has 0 fully saturated rings. The van der Waals surface area contributed by atoms with E-state index in [0.717, 1.165) is 11.0 Å². The standard InChI is InChI=1S/C12H14Cl2N2S/c1-6(2)7(3)16-11-5-9(14)8(13)4-10(11)15-12(16)17/h4-7H,1-3H3,(H,15,17). The molecule has 1 atom stereocenters. The predicted molar refractivity (Wildman–Crippen MR) is 76.7 cm³/mol. The highest BCUT2D eigenvalue weighted by molar-refractivity contribution is 7.71. The van der Waals surface area contributed by atoms with Crippen molar-refractivity contribution in [3.05, 3.63) is 26.9 Å². The van der Waals surface area contributed by atoms with Crippen LogP contribution in [0.2, 0.25) is 10.0 Å². The molecule has 1 aromatic carbocycles. The van der Waals surface area contributed by atoms with Gasteiger partial charge in [-0.05, 0) is 37.2 Å². The highest BCUT2D eigenvalue weighted by Crippen LogP contribution is 2.30. The van der Waals surface area contributed by atoms with Gasteiger partial charge in [-0.2, -0.15) is 0 Å². The predicted octanol–water partition coefficient (Wildman–Crippen LogP) is 5.22. The minimum absolute atomic E-state index is 0.313. The van der Waals surface area contributed by atoms with Crippen LogP contribution in [0.1, 0.15) is 26.8 Å². The monoisotopic (exact) mass is 288 g/mol. The summed E-state index contributed by atoms with van der Waals surface area (Å²) in [6, 6.07) is 4.00. The maximum absolute atomic E-state index is 6.06. The summed E-state index contributed by atoms with van der Waals surface area (Å²) in [5.41, 5.74) is 1.93. The van der Waals surface area contributed by atoms with Crippen LogP contribution in [0.5, 0.6) is 0 Å². The number of fused-ring (bicyclic) bond motifs is 1. The van der Waals surface area contributed by atoms with Gasteiger partial charge in [0.25, 0.3) is 0 Å². The Morgan fingerprint density at radius 1 is 1.18 bits per heavy atom. The van der Waals surface area contributed by atoms with Crippen molar-refractivity contribution in [3.63, 3.8) is 0 Å². The van der Waals surface area contributed by atoms with E-state index in [2.05, 4.69) is 30.3 Å². The Balaban J connectivity index is 2.75. The molecule has 0 aliphatic carbocycles. The van der Waals surface area contributed by atoms with Crippen molar-refractivity contribution in [1.29, 1.82) is 0 Å². The van der Waals surface area contributed by atoms with E-state index in [9.17, 15) is 0 Å². The van der Waals surface area contributed by atoms with Crippen LogP contribution in [0.4, 0.5) is 0 Å². The van der Waals surface area contributed by atoms with Gasteiger partial charge in [0, 0.05) is 6.04 Å². The second-order valence-electron chi connectivity index (χ2n) is 4.57. The van der Waals surface area contributed by atoms with Crippen molar-refractivity contribution in [2.75, 3.05) is 0 Å². The molecular formula is C12H14Cl2N2S. The number of benzene rings is 1. The first-order chi connectivity index (χ1) is 7.91. The van der Waals surface area contributed by atoms with E-state index in [0.29, 0.717) is 26.8 Å². The number of H-pyrrole nitrogens is 1. The quantitative estimate of drug-likeness (QED) is 0.751. The van der Waals surface area contributed by atoms with Crippen molar-refractivity contribution < 1.29 is 0 Å². The Morgan fingerprint density at radius 3 is 2.35 bits per heavy atom. The molecule has 2 nitrogen and oxygen atoms in total. The minimum atomic E-state index is 0.313. The van der Waals surface area contributed by atoms with E-state index in [4.69, 9.17) is 35.4 Å².